The van der Waals surface area contributed by atoms with Crippen molar-refractivity contribution in [2.45, 2.75) is 25.3 Å². The van der Waals surface area contributed by atoms with E-state index < -0.39 is 0 Å². The molecule has 0 spiro atoms. The number of amides is 1. The van der Waals surface area contributed by atoms with Gasteiger partial charge in [0.2, 0.25) is 5.91 Å². The van der Waals surface area contributed by atoms with E-state index in [4.69, 9.17) is 5.73 Å². The fraction of sp³-hybridized carbons (Fsp3) is 0.533. The summed E-state index contributed by atoms with van der Waals surface area (Å²) in [6, 6.07) is 7.97. The van der Waals surface area contributed by atoms with Crippen LogP contribution in [-0.4, -0.2) is 48.9 Å². The predicted octanol–water partition coefficient (Wildman–Crippen LogP) is 1.36. The molecule has 1 amide bonds. The van der Waals surface area contributed by atoms with E-state index in [1.165, 1.54) is 0 Å². The Hall–Kier alpha value is -1.55. The number of hydrogen-bond donors (Lipinski definition) is 1. The standard InChI is InChI=1S/C15H23N3O/c1-17(2)11-13-7-5-9-18(13)15(19)10-12-6-3-4-8-14(12)16/h3-4,6,8,13H,5,7,9-11,16H2,1-2H3. The minimum atomic E-state index is 0.197. The molecule has 1 aromatic rings. The van der Waals surface area contributed by atoms with Gasteiger partial charge < -0.3 is 15.5 Å². The van der Waals surface area contributed by atoms with Gasteiger partial charge in [0.15, 0.2) is 0 Å². The molecule has 104 valence electrons. The number of carbonyl (C=O) groups is 1. The quantitative estimate of drug-likeness (QED) is 0.833. The molecule has 1 aliphatic rings. The summed E-state index contributed by atoms with van der Waals surface area (Å²) in [6.45, 7) is 1.82. The number of rotatable bonds is 4. The Bertz CT molecular complexity index is 445. The van der Waals surface area contributed by atoms with Crippen molar-refractivity contribution in [2.24, 2.45) is 0 Å². The highest BCUT2D eigenvalue weighted by atomic mass is 16.2. The normalized spacial score (nSPS) is 19.1. The smallest absolute Gasteiger partial charge is 0.227 e. The zero-order chi connectivity index (χ0) is 13.8. The van der Waals surface area contributed by atoms with E-state index in [0.29, 0.717) is 18.2 Å². The third kappa shape index (κ3) is 3.47. The second kappa shape index (κ2) is 6.06. The number of nitrogens with zero attached hydrogens (tertiary/aromatic N) is 2. The van der Waals surface area contributed by atoms with Gasteiger partial charge in [-0.05, 0) is 38.6 Å². The van der Waals surface area contributed by atoms with Crippen LogP contribution in [0.15, 0.2) is 24.3 Å². The van der Waals surface area contributed by atoms with E-state index in [-0.39, 0.29) is 5.91 Å². The topological polar surface area (TPSA) is 49.6 Å². The van der Waals surface area contributed by atoms with Crippen LogP contribution in [0.4, 0.5) is 5.69 Å². The SMILES string of the molecule is CN(C)CC1CCCN1C(=O)Cc1ccccc1N. The molecule has 0 bridgehead atoms. The molecule has 1 fully saturated rings. The summed E-state index contributed by atoms with van der Waals surface area (Å²) in [7, 11) is 4.10. The summed E-state index contributed by atoms with van der Waals surface area (Å²) in [5.74, 6) is 0.197. The maximum Gasteiger partial charge on any atom is 0.227 e. The summed E-state index contributed by atoms with van der Waals surface area (Å²) < 4.78 is 0. The average Bonchev–Trinajstić information content (AvgIpc) is 2.79. The predicted molar refractivity (Wildman–Crippen MR) is 77.8 cm³/mol. The van der Waals surface area contributed by atoms with Crippen LogP contribution in [0.2, 0.25) is 0 Å². The molecular formula is C15H23N3O. The molecule has 1 atom stereocenters. The largest absolute Gasteiger partial charge is 0.398 e. The molecule has 0 saturated carbocycles. The number of hydrogen-bond acceptors (Lipinski definition) is 3. The highest BCUT2D eigenvalue weighted by molar-refractivity contribution is 5.81. The van der Waals surface area contributed by atoms with Gasteiger partial charge in [-0.2, -0.15) is 0 Å². The molecule has 0 radical (unpaired) electrons. The van der Waals surface area contributed by atoms with Crippen molar-refractivity contribution in [3.63, 3.8) is 0 Å². The van der Waals surface area contributed by atoms with Crippen LogP contribution in [0.3, 0.4) is 0 Å². The number of nitrogen functional groups attached to an aromatic ring is 1. The molecule has 2 rings (SSSR count). The summed E-state index contributed by atoms with van der Waals surface area (Å²) in [4.78, 5) is 16.6. The van der Waals surface area contributed by atoms with E-state index in [1.807, 2.05) is 29.2 Å². The number of anilines is 1. The summed E-state index contributed by atoms with van der Waals surface area (Å²) in [5.41, 5.74) is 7.54. The Kier molecular flexibility index (Phi) is 4.43. The van der Waals surface area contributed by atoms with E-state index in [0.717, 1.165) is 31.5 Å². The molecule has 0 aromatic heterocycles. The molecule has 1 aliphatic heterocycles. The number of nitrogens with two attached hydrogens (primary N) is 1. The minimum Gasteiger partial charge on any atom is -0.398 e. The van der Waals surface area contributed by atoms with E-state index in [9.17, 15) is 4.79 Å². The molecule has 4 heteroatoms. The van der Waals surface area contributed by atoms with Crippen molar-refractivity contribution in [1.82, 2.24) is 9.80 Å². The molecule has 19 heavy (non-hydrogen) atoms. The van der Waals surface area contributed by atoms with Gasteiger partial charge in [0.05, 0.1) is 6.42 Å². The van der Waals surface area contributed by atoms with Gasteiger partial charge in [-0.15, -0.1) is 0 Å². The monoisotopic (exact) mass is 261 g/mol. The summed E-state index contributed by atoms with van der Waals surface area (Å²) in [6.07, 6.45) is 2.62. The fourth-order valence-electron chi connectivity index (χ4n) is 2.73. The Morgan fingerprint density at radius 2 is 2.16 bits per heavy atom. The van der Waals surface area contributed by atoms with Crippen molar-refractivity contribution in [1.29, 1.82) is 0 Å². The maximum atomic E-state index is 12.4. The Morgan fingerprint density at radius 3 is 2.84 bits per heavy atom. The number of likely N-dealkylation sites (tertiary alicyclic amines) is 1. The number of benzene rings is 1. The lowest BCUT2D eigenvalue weighted by Crippen LogP contribution is -2.42. The van der Waals surface area contributed by atoms with Gasteiger partial charge in [-0.1, -0.05) is 18.2 Å². The first kappa shape index (κ1) is 13.9. The van der Waals surface area contributed by atoms with Gasteiger partial charge in [-0.3, -0.25) is 4.79 Å². The van der Waals surface area contributed by atoms with Gasteiger partial charge in [0, 0.05) is 24.8 Å². The maximum absolute atomic E-state index is 12.4. The van der Waals surface area contributed by atoms with Crippen LogP contribution >= 0.6 is 0 Å². The molecule has 1 saturated heterocycles. The highest BCUT2D eigenvalue weighted by Crippen LogP contribution is 2.20. The van der Waals surface area contributed by atoms with Crippen molar-refractivity contribution in [2.75, 3.05) is 32.9 Å². The van der Waals surface area contributed by atoms with Crippen molar-refractivity contribution >= 4 is 11.6 Å². The number of carbonyl (C=O) groups excluding carboxylic acids is 1. The molecule has 1 aromatic carbocycles. The van der Waals surface area contributed by atoms with Crippen LogP contribution in [0.1, 0.15) is 18.4 Å². The lowest BCUT2D eigenvalue weighted by atomic mass is 10.1. The molecular weight excluding hydrogens is 238 g/mol. The van der Waals surface area contributed by atoms with Crippen LogP contribution in [0.25, 0.3) is 0 Å². The second-order valence-corrected chi connectivity index (χ2v) is 5.52. The molecule has 0 aliphatic carbocycles. The van der Waals surface area contributed by atoms with Crippen molar-refractivity contribution in [3.8, 4) is 0 Å². The van der Waals surface area contributed by atoms with Gasteiger partial charge >= 0.3 is 0 Å². The molecule has 1 heterocycles. The van der Waals surface area contributed by atoms with E-state index in [1.54, 1.807) is 0 Å². The van der Waals surface area contributed by atoms with E-state index in [2.05, 4.69) is 19.0 Å². The number of likely N-dealkylation sites (N-methyl/N-ethyl adjacent to an activating group) is 1. The van der Waals surface area contributed by atoms with Crippen LogP contribution in [0, 0.1) is 0 Å². The Labute approximate surface area is 115 Å². The summed E-state index contributed by atoms with van der Waals surface area (Å²) >= 11 is 0. The lowest BCUT2D eigenvalue weighted by molar-refractivity contribution is -0.131. The second-order valence-electron chi connectivity index (χ2n) is 5.52. The fourth-order valence-corrected chi connectivity index (χ4v) is 2.73. The average molecular weight is 261 g/mol. The third-order valence-electron chi connectivity index (χ3n) is 3.67. The molecule has 4 nitrogen and oxygen atoms in total. The third-order valence-corrected chi connectivity index (χ3v) is 3.67. The minimum absolute atomic E-state index is 0.197. The van der Waals surface area contributed by atoms with Crippen LogP contribution < -0.4 is 5.73 Å². The van der Waals surface area contributed by atoms with Gasteiger partial charge in [0.1, 0.15) is 0 Å². The zero-order valence-corrected chi connectivity index (χ0v) is 11.8. The Balaban J connectivity index is 2.01. The van der Waals surface area contributed by atoms with E-state index >= 15 is 0 Å². The molecule has 1 unspecified atom stereocenters. The first-order chi connectivity index (χ1) is 9.08. The van der Waals surface area contributed by atoms with Crippen LogP contribution in [0.5, 0.6) is 0 Å². The Morgan fingerprint density at radius 1 is 1.42 bits per heavy atom. The number of para-hydroxylation sites is 1. The van der Waals surface area contributed by atoms with Gasteiger partial charge in [-0.25, -0.2) is 0 Å². The van der Waals surface area contributed by atoms with Crippen molar-refractivity contribution in [3.05, 3.63) is 29.8 Å². The summed E-state index contributed by atoms with van der Waals surface area (Å²) in [5, 5.41) is 0. The lowest BCUT2D eigenvalue weighted by Gasteiger charge is -2.27. The first-order valence-electron chi connectivity index (χ1n) is 6.85. The highest BCUT2D eigenvalue weighted by Gasteiger charge is 2.28. The molecule has 2 N–H and O–H groups in total. The zero-order valence-electron chi connectivity index (χ0n) is 11.8. The van der Waals surface area contributed by atoms with Crippen molar-refractivity contribution < 1.29 is 4.79 Å². The first-order valence-corrected chi connectivity index (χ1v) is 6.85. The van der Waals surface area contributed by atoms with Crippen LogP contribution in [-0.2, 0) is 11.2 Å². The van der Waals surface area contributed by atoms with Gasteiger partial charge in [0.25, 0.3) is 0 Å².